The van der Waals surface area contributed by atoms with Gasteiger partial charge in [-0.25, -0.2) is 0 Å². The molecule has 0 saturated carbocycles. The van der Waals surface area contributed by atoms with Gasteiger partial charge in [0, 0.05) is 5.88 Å². The average molecular weight is 335 g/mol. The van der Waals surface area contributed by atoms with E-state index in [0.29, 0.717) is 6.61 Å². The van der Waals surface area contributed by atoms with E-state index in [-0.39, 0.29) is 24.0 Å². The molecule has 0 radical (unpaired) electrons. The molecule has 0 aliphatic rings. The number of rotatable bonds is 8. The third kappa shape index (κ3) is 7.27. The summed E-state index contributed by atoms with van der Waals surface area (Å²) in [5, 5.41) is 0. The van der Waals surface area contributed by atoms with Crippen molar-refractivity contribution in [3.8, 4) is 5.75 Å². The Hall–Kier alpha value is -0.620. The number of hydrogen-bond donors (Lipinski definition) is 0. The highest BCUT2D eigenvalue weighted by Crippen LogP contribution is 2.24. The second-order valence-corrected chi connectivity index (χ2v) is 6.92. The molecule has 0 aliphatic carbocycles. The molecule has 0 unspecified atom stereocenters. The minimum Gasteiger partial charge on any atom is -0.491 e. The van der Waals surface area contributed by atoms with Gasteiger partial charge in [-0.3, -0.25) is 8.37 Å². The van der Waals surface area contributed by atoms with E-state index in [9.17, 15) is 4.21 Å². The second kappa shape index (κ2) is 8.73. The fourth-order valence-electron chi connectivity index (χ4n) is 1.55. The average Bonchev–Trinajstić information content (AvgIpc) is 2.42. The predicted molar refractivity (Wildman–Crippen MR) is 86.0 cm³/mol. The lowest BCUT2D eigenvalue weighted by atomic mass is 9.87. The van der Waals surface area contributed by atoms with Crippen LogP contribution in [0, 0.1) is 0 Å². The molecule has 0 aromatic heterocycles. The molecule has 0 saturated heterocycles. The molecule has 0 fully saturated rings. The highest BCUT2D eigenvalue weighted by atomic mass is 35.5. The van der Waals surface area contributed by atoms with Crippen LogP contribution in [0.3, 0.4) is 0 Å². The van der Waals surface area contributed by atoms with Gasteiger partial charge in [-0.15, -0.1) is 11.6 Å². The number of ether oxygens (including phenoxy) is 1. The van der Waals surface area contributed by atoms with Crippen LogP contribution < -0.4 is 4.74 Å². The molecular weight excluding hydrogens is 312 g/mol. The fraction of sp³-hybridized carbons (Fsp3) is 0.600. The van der Waals surface area contributed by atoms with Crippen LogP contribution in [0.15, 0.2) is 24.3 Å². The maximum absolute atomic E-state index is 11.3. The zero-order valence-corrected chi connectivity index (χ0v) is 14.5. The van der Waals surface area contributed by atoms with E-state index in [0.717, 1.165) is 5.75 Å². The van der Waals surface area contributed by atoms with Crippen molar-refractivity contribution in [1.29, 1.82) is 0 Å². The summed E-state index contributed by atoms with van der Waals surface area (Å²) in [5.74, 6) is 1.03. The molecule has 0 heterocycles. The van der Waals surface area contributed by atoms with Crippen molar-refractivity contribution in [3.63, 3.8) is 0 Å². The molecule has 1 rings (SSSR count). The van der Waals surface area contributed by atoms with Crippen LogP contribution in [0.1, 0.15) is 33.3 Å². The van der Waals surface area contributed by atoms with Gasteiger partial charge in [0.15, 0.2) is 0 Å². The largest absolute Gasteiger partial charge is 0.491 e. The van der Waals surface area contributed by atoms with Gasteiger partial charge in [0.25, 0.3) is 0 Å². The zero-order valence-electron chi connectivity index (χ0n) is 12.9. The van der Waals surface area contributed by atoms with E-state index in [1.807, 2.05) is 24.3 Å². The summed E-state index contributed by atoms with van der Waals surface area (Å²) in [7, 11) is 0. The number of hydrogen-bond acceptors (Lipinski definition) is 4. The fourth-order valence-corrected chi connectivity index (χ4v) is 2.32. The Morgan fingerprint density at radius 2 is 1.86 bits per heavy atom. The molecule has 0 aliphatic heterocycles. The Morgan fingerprint density at radius 1 is 1.24 bits per heavy atom. The lowest BCUT2D eigenvalue weighted by molar-refractivity contribution is 0.137. The Bertz CT molecular complexity index is 442. The van der Waals surface area contributed by atoms with Crippen molar-refractivity contribution < 1.29 is 17.3 Å². The van der Waals surface area contributed by atoms with Gasteiger partial charge in [0.1, 0.15) is 18.5 Å². The van der Waals surface area contributed by atoms with E-state index in [1.54, 1.807) is 6.92 Å². The normalized spacial score (nSPS) is 14.7. The first-order valence-corrected chi connectivity index (χ1v) is 8.38. The molecular formula is C15H23ClO4S. The maximum Gasteiger partial charge on any atom is 0.305 e. The Morgan fingerprint density at radius 3 is 2.38 bits per heavy atom. The van der Waals surface area contributed by atoms with Crippen LogP contribution in [0.2, 0.25) is 0 Å². The van der Waals surface area contributed by atoms with E-state index in [2.05, 4.69) is 20.8 Å². The lowest BCUT2D eigenvalue weighted by Gasteiger charge is -2.19. The molecule has 1 aromatic carbocycles. The topological polar surface area (TPSA) is 44.8 Å². The van der Waals surface area contributed by atoms with E-state index < -0.39 is 11.4 Å². The first-order chi connectivity index (χ1) is 9.82. The standard InChI is InChI=1S/C15H23ClO4S/c1-12(20-21(17)19-10-9-16)11-18-14-7-5-13(6-8-14)15(2,3)4/h5-8,12H,9-11H2,1-4H3/t12-,21+/m0/s1. The highest BCUT2D eigenvalue weighted by molar-refractivity contribution is 7.75. The van der Waals surface area contributed by atoms with Gasteiger partial charge in [0.05, 0.1) is 6.61 Å². The summed E-state index contributed by atoms with van der Waals surface area (Å²) >= 11 is 3.64. The third-order valence-corrected chi connectivity index (χ3v) is 3.70. The molecule has 6 heteroatoms. The van der Waals surface area contributed by atoms with Crippen LogP contribution in [-0.2, 0) is 25.1 Å². The predicted octanol–water partition coefficient (Wildman–Crippen LogP) is 3.60. The van der Waals surface area contributed by atoms with Crippen molar-refractivity contribution in [2.24, 2.45) is 0 Å². The highest BCUT2D eigenvalue weighted by Gasteiger charge is 2.14. The number of halogens is 1. The molecule has 0 bridgehead atoms. The molecule has 0 N–H and O–H groups in total. The monoisotopic (exact) mass is 334 g/mol. The Labute approximate surface area is 134 Å². The van der Waals surface area contributed by atoms with Crippen molar-refractivity contribution >= 4 is 23.0 Å². The summed E-state index contributed by atoms with van der Waals surface area (Å²) < 4.78 is 26.9. The minimum atomic E-state index is -1.79. The molecule has 2 atom stereocenters. The van der Waals surface area contributed by atoms with Gasteiger partial charge >= 0.3 is 11.4 Å². The van der Waals surface area contributed by atoms with Crippen LogP contribution >= 0.6 is 11.6 Å². The quantitative estimate of drug-likeness (QED) is 0.681. The van der Waals surface area contributed by atoms with Crippen molar-refractivity contribution in [3.05, 3.63) is 29.8 Å². The van der Waals surface area contributed by atoms with Crippen molar-refractivity contribution in [2.75, 3.05) is 19.1 Å². The van der Waals surface area contributed by atoms with Crippen molar-refractivity contribution in [2.45, 2.75) is 39.2 Å². The number of benzene rings is 1. The zero-order chi connectivity index (χ0) is 15.9. The van der Waals surface area contributed by atoms with Crippen LogP contribution in [0.4, 0.5) is 0 Å². The first kappa shape index (κ1) is 18.4. The van der Waals surface area contributed by atoms with Gasteiger partial charge < -0.3 is 4.74 Å². The van der Waals surface area contributed by atoms with E-state index >= 15 is 0 Å². The van der Waals surface area contributed by atoms with E-state index in [1.165, 1.54) is 5.56 Å². The van der Waals surface area contributed by atoms with Gasteiger partial charge in [-0.05, 0) is 30.0 Å². The molecule has 4 nitrogen and oxygen atoms in total. The van der Waals surface area contributed by atoms with E-state index in [4.69, 9.17) is 24.7 Å². The summed E-state index contributed by atoms with van der Waals surface area (Å²) in [6.07, 6.45) is -0.344. The van der Waals surface area contributed by atoms with Gasteiger partial charge in [0.2, 0.25) is 0 Å². The first-order valence-electron chi connectivity index (χ1n) is 6.84. The molecule has 0 amide bonds. The molecule has 120 valence electrons. The summed E-state index contributed by atoms with van der Waals surface area (Å²) in [4.78, 5) is 0. The molecule has 21 heavy (non-hydrogen) atoms. The second-order valence-electron chi connectivity index (χ2n) is 5.71. The smallest absolute Gasteiger partial charge is 0.305 e. The lowest BCUT2D eigenvalue weighted by Crippen LogP contribution is -2.20. The molecule has 0 spiro atoms. The summed E-state index contributed by atoms with van der Waals surface area (Å²) in [6.45, 7) is 8.74. The van der Waals surface area contributed by atoms with Gasteiger partial charge in [-0.1, -0.05) is 32.9 Å². The summed E-state index contributed by atoms with van der Waals surface area (Å²) in [6, 6.07) is 7.94. The van der Waals surface area contributed by atoms with Crippen LogP contribution in [-0.4, -0.2) is 29.4 Å². The third-order valence-electron chi connectivity index (χ3n) is 2.70. The summed E-state index contributed by atoms with van der Waals surface area (Å²) in [5.41, 5.74) is 1.36. The van der Waals surface area contributed by atoms with Gasteiger partial charge in [-0.2, -0.15) is 4.21 Å². The number of alkyl halides is 1. The van der Waals surface area contributed by atoms with Crippen molar-refractivity contribution in [1.82, 2.24) is 0 Å². The van der Waals surface area contributed by atoms with Crippen LogP contribution in [0.5, 0.6) is 5.75 Å². The molecule has 1 aromatic rings. The minimum absolute atomic E-state index is 0.117. The Kier molecular flexibility index (Phi) is 7.66. The van der Waals surface area contributed by atoms with Crippen LogP contribution in [0.25, 0.3) is 0 Å². The maximum atomic E-state index is 11.3. The Balaban J connectivity index is 2.39. The SMILES string of the molecule is C[C@@H](COc1ccc(C(C)(C)C)cc1)O[S@](=O)OCCCl.